The lowest BCUT2D eigenvalue weighted by Crippen LogP contribution is -2.28. The van der Waals surface area contributed by atoms with Gasteiger partial charge in [-0.1, -0.05) is 30.2 Å². The molecule has 2 aliphatic rings. The highest BCUT2D eigenvalue weighted by Gasteiger charge is 2.27. The number of nitrogens with zero attached hydrogens (tertiary/aromatic N) is 2. The van der Waals surface area contributed by atoms with Gasteiger partial charge in [-0.3, -0.25) is 5.01 Å². The van der Waals surface area contributed by atoms with Crippen molar-refractivity contribution in [2.45, 2.75) is 31.7 Å². The van der Waals surface area contributed by atoms with E-state index in [1.165, 1.54) is 23.4 Å². The Morgan fingerprint density at radius 2 is 2.25 bits per heavy atom. The van der Waals surface area contributed by atoms with E-state index in [4.69, 9.17) is 17.3 Å². The Labute approximate surface area is 128 Å². The molecule has 0 saturated heterocycles. The van der Waals surface area contributed by atoms with Crippen molar-refractivity contribution < 1.29 is 0 Å². The Kier molecular flexibility index (Phi) is 4.06. The molecule has 2 N–H and O–H groups in total. The molecule has 1 heterocycles. The lowest BCUT2D eigenvalue weighted by Gasteiger charge is -2.25. The highest BCUT2D eigenvalue weighted by molar-refractivity contribution is 8.17. The molecule has 5 heteroatoms. The van der Waals surface area contributed by atoms with Gasteiger partial charge in [-0.05, 0) is 48.7 Å². The van der Waals surface area contributed by atoms with E-state index in [9.17, 15) is 0 Å². The Morgan fingerprint density at radius 3 is 3.00 bits per heavy atom. The molecule has 1 aromatic carbocycles. The van der Waals surface area contributed by atoms with Gasteiger partial charge in [0.2, 0.25) is 0 Å². The summed E-state index contributed by atoms with van der Waals surface area (Å²) in [4.78, 5) is 0. The second-order valence-electron chi connectivity index (χ2n) is 5.22. The van der Waals surface area contributed by atoms with Crippen LogP contribution in [0.5, 0.6) is 0 Å². The number of halogens is 1. The van der Waals surface area contributed by atoms with Crippen molar-refractivity contribution >= 4 is 28.4 Å². The third-order valence-electron chi connectivity index (χ3n) is 3.73. The first-order valence-corrected chi connectivity index (χ1v) is 8.09. The summed E-state index contributed by atoms with van der Waals surface area (Å²) >= 11 is 7.77. The normalized spacial score (nSPS) is 26.9. The van der Waals surface area contributed by atoms with Crippen LogP contribution in [0, 0.1) is 0 Å². The number of rotatable bonds is 1. The van der Waals surface area contributed by atoms with E-state index >= 15 is 0 Å². The lowest BCUT2D eigenvalue weighted by atomic mass is 9.91. The summed E-state index contributed by atoms with van der Waals surface area (Å²) in [5.74, 6) is 0. The number of thioether (sulfide) groups is 1. The molecule has 1 atom stereocenters. The van der Waals surface area contributed by atoms with Crippen molar-refractivity contribution in [1.29, 1.82) is 0 Å². The summed E-state index contributed by atoms with van der Waals surface area (Å²) in [6.45, 7) is 0. The van der Waals surface area contributed by atoms with Gasteiger partial charge in [0.25, 0.3) is 0 Å². The zero-order valence-corrected chi connectivity index (χ0v) is 13.0. The second-order valence-corrected chi connectivity index (χ2v) is 6.64. The zero-order valence-electron chi connectivity index (χ0n) is 11.5. The first kappa shape index (κ1) is 14.0. The molecule has 1 aliphatic heterocycles. The number of hydrogen-bond acceptors (Lipinski definition) is 4. The van der Waals surface area contributed by atoms with E-state index in [1.54, 1.807) is 11.8 Å². The van der Waals surface area contributed by atoms with Gasteiger partial charge in [0, 0.05) is 23.7 Å². The molecule has 1 aliphatic carbocycles. The molecule has 1 saturated carbocycles. The van der Waals surface area contributed by atoms with Crippen LogP contribution in [-0.4, -0.2) is 23.1 Å². The van der Waals surface area contributed by atoms with Gasteiger partial charge in [-0.2, -0.15) is 5.10 Å². The highest BCUT2D eigenvalue weighted by Crippen LogP contribution is 2.38. The van der Waals surface area contributed by atoms with Gasteiger partial charge in [0.1, 0.15) is 5.04 Å². The maximum Gasteiger partial charge on any atom is 0.130 e. The average molecular weight is 308 g/mol. The standard InChI is InChI=1S/C15H18ClN3S/c1-19-15(12-7-2-3-8-13(12)17)20-14(18-19)10-5-4-6-11(16)9-10/h4-6,9,13H,2-3,7-8,17H2,1H3. The molecule has 0 aromatic heterocycles. The van der Waals surface area contributed by atoms with Gasteiger partial charge < -0.3 is 5.73 Å². The molecular weight excluding hydrogens is 290 g/mol. The van der Waals surface area contributed by atoms with Crippen LogP contribution in [0.4, 0.5) is 0 Å². The van der Waals surface area contributed by atoms with Crippen LogP contribution in [0.25, 0.3) is 0 Å². The molecule has 0 spiro atoms. The number of hydrogen-bond donors (Lipinski definition) is 1. The van der Waals surface area contributed by atoms with Crippen LogP contribution in [0.2, 0.25) is 5.02 Å². The van der Waals surface area contributed by atoms with Gasteiger partial charge in [0.05, 0.1) is 5.03 Å². The zero-order chi connectivity index (χ0) is 14.1. The summed E-state index contributed by atoms with van der Waals surface area (Å²) in [5, 5.41) is 9.53. The summed E-state index contributed by atoms with van der Waals surface area (Å²) in [7, 11) is 1.99. The van der Waals surface area contributed by atoms with Gasteiger partial charge >= 0.3 is 0 Å². The second kappa shape index (κ2) is 5.80. The van der Waals surface area contributed by atoms with Crippen LogP contribution in [0.1, 0.15) is 31.2 Å². The summed E-state index contributed by atoms with van der Waals surface area (Å²) < 4.78 is 0. The van der Waals surface area contributed by atoms with Crippen LogP contribution >= 0.6 is 23.4 Å². The van der Waals surface area contributed by atoms with Crippen molar-refractivity contribution in [3.63, 3.8) is 0 Å². The average Bonchev–Trinajstić information content (AvgIpc) is 2.81. The van der Waals surface area contributed by atoms with E-state index in [0.717, 1.165) is 28.5 Å². The van der Waals surface area contributed by atoms with E-state index < -0.39 is 0 Å². The molecule has 1 aromatic rings. The summed E-state index contributed by atoms with van der Waals surface area (Å²) in [6, 6.07) is 8.02. The maximum atomic E-state index is 6.26. The smallest absolute Gasteiger partial charge is 0.130 e. The van der Waals surface area contributed by atoms with Crippen molar-refractivity contribution in [2.24, 2.45) is 10.8 Å². The van der Waals surface area contributed by atoms with E-state index in [2.05, 4.69) is 5.10 Å². The molecule has 20 heavy (non-hydrogen) atoms. The number of benzene rings is 1. The molecule has 0 radical (unpaired) electrons. The molecule has 0 amide bonds. The van der Waals surface area contributed by atoms with E-state index in [0.29, 0.717) is 0 Å². The fourth-order valence-corrected chi connectivity index (χ4v) is 4.02. The van der Waals surface area contributed by atoms with Crippen LogP contribution in [0.3, 0.4) is 0 Å². The predicted molar refractivity (Wildman–Crippen MR) is 86.8 cm³/mol. The minimum absolute atomic E-state index is 0.183. The fourth-order valence-electron chi connectivity index (χ4n) is 2.68. The van der Waals surface area contributed by atoms with E-state index in [1.807, 2.05) is 36.3 Å². The van der Waals surface area contributed by atoms with Crippen molar-refractivity contribution in [1.82, 2.24) is 5.01 Å². The molecule has 1 unspecified atom stereocenters. The molecule has 3 rings (SSSR count). The van der Waals surface area contributed by atoms with Crippen molar-refractivity contribution in [3.05, 3.63) is 45.5 Å². The lowest BCUT2D eigenvalue weighted by molar-refractivity contribution is 0.454. The third kappa shape index (κ3) is 2.73. The number of hydrazone groups is 1. The molecule has 106 valence electrons. The monoisotopic (exact) mass is 307 g/mol. The van der Waals surface area contributed by atoms with Crippen molar-refractivity contribution in [3.8, 4) is 0 Å². The SMILES string of the molecule is CN1N=C(c2cccc(Cl)c2)SC1=C1CCCCC1N. The minimum Gasteiger partial charge on any atom is -0.324 e. The van der Waals surface area contributed by atoms with Crippen LogP contribution < -0.4 is 5.73 Å². The quantitative estimate of drug-likeness (QED) is 0.858. The van der Waals surface area contributed by atoms with E-state index in [-0.39, 0.29) is 6.04 Å². The molecule has 0 bridgehead atoms. The maximum absolute atomic E-state index is 6.26. The highest BCUT2D eigenvalue weighted by atomic mass is 35.5. The van der Waals surface area contributed by atoms with Crippen LogP contribution in [-0.2, 0) is 0 Å². The molecule has 3 nitrogen and oxygen atoms in total. The Bertz CT molecular complexity index is 582. The molecule has 1 fully saturated rings. The largest absolute Gasteiger partial charge is 0.324 e. The van der Waals surface area contributed by atoms with Gasteiger partial charge in [0.15, 0.2) is 0 Å². The first-order chi connectivity index (χ1) is 9.65. The Morgan fingerprint density at radius 1 is 1.40 bits per heavy atom. The fraction of sp³-hybridized carbons (Fsp3) is 0.400. The van der Waals surface area contributed by atoms with Crippen LogP contribution in [0.15, 0.2) is 40.0 Å². The topological polar surface area (TPSA) is 41.6 Å². The van der Waals surface area contributed by atoms with Gasteiger partial charge in [-0.15, -0.1) is 0 Å². The third-order valence-corrected chi connectivity index (χ3v) is 5.20. The number of nitrogens with two attached hydrogens (primary N) is 1. The summed E-state index contributed by atoms with van der Waals surface area (Å²) in [6.07, 6.45) is 4.63. The Balaban J connectivity index is 1.88. The summed E-state index contributed by atoms with van der Waals surface area (Å²) in [5.41, 5.74) is 8.67. The molecular formula is C15H18ClN3S. The minimum atomic E-state index is 0.183. The van der Waals surface area contributed by atoms with Gasteiger partial charge in [-0.25, -0.2) is 0 Å². The predicted octanol–water partition coefficient (Wildman–Crippen LogP) is 3.79. The van der Waals surface area contributed by atoms with Crippen molar-refractivity contribution in [2.75, 3.05) is 7.05 Å². The first-order valence-electron chi connectivity index (χ1n) is 6.90. The Hall–Kier alpha value is -0.970.